The number of aliphatic carboxylic acids is 1. The molecule has 6 nitrogen and oxygen atoms in total. The Morgan fingerprint density at radius 2 is 2.08 bits per heavy atom. The Bertz CT molecular complexity index is 1450. The van der Waals surface area contributed by atoms with E-state index in [1.807, 2.05) is 37.4 Å². The van der Waals surface area contributed by atoms with E-state index in [0.717, 1.165) is 22.5 Å². The van der Waals surface area contributed by atoms with E-state index >= 15 is 0 Å². The summed E-state index contributed by atoms with van der Waals surface area (Å²) >= 11 is 7.51. The van der Waals surface area contributed by atoms with Gasteiger partial charge in [0.05, 0.1) is 27.9 Å². The van der Waals surface area contributed by atoms with Gasteiger partial charge in [-0.1, -0.05) is 29.8 Å². The molecule has 2 aromatic heterocycles. The smallest absolute Gasteiger partial charge is 0.304 e. The van der Waals surface area contributed by atoms with Crippen molar-refractivity contribution in [2.45, 2.75) is 24.8 Å². The van der Waals surface area contributed by atoms with Gasteiger partial charge in [-0.05, 0) is 47.5 Å². The molecule has 1 aliphatic rings. The topological polar surface area (TPSA) is 75.5 Å². The third-order valence-electron chi connectivity index (χ3n) is 6.04. The summed E-state index contributed by atoms with van der Waals surface area (Å²) in [6, 6.07) is 16.5. The zero-order valence-electron chi connectivity index (χ0n) is 19.4. The van der Waals surface area contributed by atoms with Gasteiger partial charge in [0.15, 0.2) is 0 Å². The SMILES string of the molecule is CN1Cc2ccc(OCc3ccc4cc(F)c(Cl)cc4n3)cc2C(SCCC(=O)O)c2cccnc21. The van der Waals surface area contributed by atoms with Crippen LogP contribution in [0.5, 0.6) is 5.75 Å². The molecule has 0 spiro atoms. The highest BCUT2D eigenvalue weighted by atomic mass is 35.5. The number of aromatic nitrogens is 2. The fourth-order valence-electron chi connectivity index (χ4n) is 4.32. The normalized spacial score (nSPS) is 14.8. The summed E-state index contributed by atoms with van der Waals surface area (Å²) < 4.78 is 19.8. The third kappa shape index (κ3) is 5.10. The Morgan fingerprint density at radius 3 is 2.92 bits per heavy atom. The van der Waals surface area contributed by atoms with E-state index in [2.05, 4.69) is 14.9 Å². The molecule has 0 saturated heterocycles. The van der Waals surface area contributed by atoms with Crippen LogP contribution >= 0.6 is 23.4 Å². The van der Waals surface area contributed by atoms with Crippen LogP contribution in [0.1, 0.15) is 34.1 Å². The molecule has 9 heteroatoms. The average Bonchev–Trinajstić information content (AvgIpc) is 2.97. The summed E-state index contributed by atoms with van der Waals surface area (Å²) in [7, 11) is 2.01. The molecule has 0 saturated carbocycles. The predicted octanol–water partition coefficient (Wildman–Crippen LogP) is 6.25. The summed E-state index contributed by atoms with van der Waals surface area (Å²) in [6.45, 7) is 0.914. The van der Waals surface area contributed by atoms with Crippen LogP contribution in [0.2, 0.25) is 5.02 Å². The first-order chi connectivity index (χ1) is 17.4. The molecule has 4 aromatic rings. The van der Waals surface area contributed by atoms with Crippen LogP contribution in [0.15, 0.2) is 60.8 Å². The molecule has 0 radical (unpaired) electrons. The maximum atomic E-state index is 13.7. The van der Waals surface area contributed by atoms with Gasteiger partial charge in [0.25, 0.3) is 0 Å². The second-order valence-electron chi connectivity index (χ2n) is 8.58. The van der Waals surface area contributed by atoms with E-state index in [-0.39, 0.29) is 23.3 Å². The van der Waals surface area contributed by atoms with Gasteiger partial charge >= 0.3 is 5.97 Å². The first kappa shape index (κ1) is 24.3. The Morgan fingerprint density at radius 1 is 1.22 bits per heavy atom. The van der Waals surface area contributed by atoms with Crippen molar-refractivity contribution in [2.75, 3.05) is 17.7 Å². The lowest BCUT2D eigenvalue weighted by Gasteiger charge is -2.20. The lowest BCUT2D eigenvalue weighted by atomic mass is 10.0. The standard InChI is InChI=1S/C27H23ClFN3O3S/c1-32-14-17-5-7-19(35-15-18-6-4-16-11-23(29)22(28)13-24(16)31-18)12-21(17)26(36-10-8-25(33)34)20-3-2-9-30-27(20)32/h2-7,9,11-13,26H,8,10,14-15H2,1H3,(H,33,34). The van der Waals surface area contributed by atoms with Crippen LogP contribution in [0.3, 0.4) is 0 Å². The van der Waals surface area contributed by atoms with Crippen LogP contribution in [-0.2, 0) is 17.9 Å². The fraction of sp³-hybridized carbons (Fsp3) is 0.222. The van der Waals surface area contributed by atoms with Crippen molar-refractivity contribution in [3.05, 3.63) is 94.0 Å². The van der Waals surface area contributed by atoms with Gasteiger partial charge in [-0.15, -0.1) is 11.8 Å². The number of halogens is 2. The largest absolute Gasteiger partial charge is 0.487 e. The molecule has 0 bridgehead atoms. The number of benzene rings is 2. The number of thioether (sulfide) groups is 1. The molecule has 36 heavy (non-hydrogen) atoms. The molecule has 1 unspecified atom stereocenters. The quantitative estimate of drug-likeness (QED) is 0.307. The number of carbonyl (C=O) groups is 1. The lowest BCUT2D eigenvalue weighted by molar-refractivity contribution is -0.136. The zero-order valence-corrected chi connectivity index (χ0v) is 21.0. The molecule has 0 fully saturated rings. The third-order valence-corrected chi connectivity index (χ3v) is 7.61. The highest BCUT2D eigenvalue weighted by molar-refractivity contribution is 7.99. The van der Waals surface area contributed by atoms with Crippen molar-refractivity contribution < 1.29 is 19.0 Å². The number of pyridine rings is 2. The number of hydrogen-bond donors (Lipinski definition) is 1. The molecular formula is C27H23ClFN3O3S. The van der Waals surface area contributed by atoms with Crippen molar-refractivity contribution in [1.29, 1.82) is 0 Å². The number of carboxylic acid groups (broad SMARTS) is 1. The number of rotatable bonds is 7. The number of hydrogen-bond acceptors (Lipinski definition) is 6. The van der Waals surface area contributed by atoms with Gasteiger partial charge in [0.2, 0.25) is 0 Å². The number of anilines is 1. The van der Waals surface area contributed by atoms with Crippen LogP contribution in [0.4, 0.5) is 10.2 Å². The van der Waals surface area contributed by atoms with E-state index in [0.29, 0.717) is 34.6 Å². The monoisotopic (exact) mass is 523 g/mol. The first-order valence-corrected chi connectivity index (χ1v) is 12.8. The summed E-state index contributed by atoms with van der Waals surface area (Å²) in [5, 5.41) is 9.79. The zero-order chi connectivity index (χ0) is 25.2. The Balaban J connectivity index is 1.43. The van der Waals surface area contributed by atoms with Gasteiger partial charge in [-0.3, -0.25) is 4.79 Å². The fourth-order valence-corrected chi connectivity index (χ4v) is 5.77. The number of fused-ring (bicyclic) bond motifs is 3. The second-order valence-corrected chi connectivity index (χ2v) is 10.2. The summed E-state index contributed by atoms with van der Waals surface area (Å²) in [4.78, 5) is 22.4. The highest BCUT2D eigenvalue weighted by Crippen LogP contribution is 2.45. The van der Waals surface area contributed by atoms with Crippen molar-refractivity contribution in [3.8, 4) is 5.75 Å². The van der Waals surface area contributed by atoms with Gasteiger partial charge in [-0.2, -0.15) is 0 Å². The Labute approximate surface area is 217 Å². The van der Waals surface area contributed by atoms with E-state index in [1.165, 1.54) is 12.1 Å². The molecule has 184 valence electrons. The molecule has 3 heterocycles. The Kier molecular flexibility index (Phi) is 6.98. The van der Waals surface area contributed by atoms with Gasteiger partial charge in [-0.25, -0.2) is 14.4 Å². The van der Waals surface area contributed by atoms with E-state index in [9.17, 15) is 9.18 Å². The maximum absolute atomic E-state index is 13.7. The number of nitrogens with zero attached hydrogens (tertiary/aromatic N) is 3. The molecule has 1 aliphatic heterocycles. The van der Waals surface area contributed by atoms with Crippen molar-refractivity contribution in [2.24, 2.45) is 0 Å². The summed E-state index contributed by atoms with van der Waals surface area (Å²) in [5.41, 5.74) is 4.56. The molecule has 5 rings (SSSR count). The minimum atomic E-state index is -0.816. The van der Waals surface area contributed by atoms with Crippen LogP contribution in [-0.4, -0.2) is 33.8 Å². The van der Waals surface area contributed by atoms with Crippen molar-refractivity contribution in [3.63, 3.8) is 0 Å². The second kappa shape index (κ2) is 10.3. The average molecular weight is 524 g/mol. The van der Waals surface area contributed by atoms with Crippen molar-refractivity contribution >= 4 is 46.1 Å². The first-order valence-electron chi connectivity index (χ1n) is 11.4. The van der Waals surface area contributed by atoms with Gasteiger partial charge < -0.3 is 14.7 Å². The number of carboxylic acids is 1. The molecule has 0 aliphatic carbocycles. The van der Waals surface area contributed by atoms with Crippen molar-refractivity contribution in [1.82, 2.24) is 9.97 Å². The van der Waals surface area contributed by atoms with Gasteiger partial charge in [0.1, 0.15) is 24.0 Å². The lowest BCUT2D eigenvalue weighted by Crippen LogP contribution is -2.17. The van der Waals surface area contributed by atoms with Crippen LogP contribution in [0.25, 0.3) is 10.9 Å². The Hall–Kier alpha value is -3.36. The predicted molar refractivity (Wildman–Crippen MR) is 140 cm³/mol. The molecule has 1 atom stereocenters. The number of ether oxygens (including phenoxy) is 1. The highest BCUT2D eigenvalue weighted by Gasteiger charge is 2.27. The molecule has 0 amide bonds. The van der Waals surface area contributed by atoms with E-state index in [4.69, 9.17) is 21.4 Å². The molecule has 1 N–H and O–H groups in total. The van der Waals surface area contributed by atoms with E-state index in [1.54, 1.807) is 30.1 Å². The molecular weight excluding hydrogens is 501 g/mol. The summed E-state index contributed by atoms with van der Waals surface area (Å²) in [5.74, 6) is 0.764. The van der Waals surface area contributed by atoms with Crippen LogP contribution in [0, 0.1) is 5.82 Å². The minimum absolute atomic E-state index is 0.0324. The maximum Gasteiger partial charge on any atom is 0.304 e. The molecule has 2 aromatic carbocycles. The van der Waals surface area contributed by atoms with E-state index < -0.39 is 11.8 Å². The summed E-state index contributed by atoms with van der Waals surface area (Å²) in [6.07, 6.45) is 1.86. The van der Waals surface area contributed by atoms with Gasteiger partial charge in [0, 0.05) is 36.5 Å². The minimum Gasteiger partial charge on any atom is -0.487 e. The van der Waals surface area contributed by atoms with Crippen LogP contribution < -0.4 is 9.64 Å².